The molecule has 0 fully saturated rings. The Morgan fingerprint density at radius 1 is 1.12 bits per heavy atom. The van der Waals surface area contributed by atoms with Crippen molar-refractivity contribution < 1.29 is 9.90 Å². The number of pyridine rings is 1. The van der Waals surface area contributed by atoms with Gasteiger partial charge < -0.3 is 21.1 Å². The van der Waals surface area contributed by atoms with E-state index < -0.39 is 5.97 Å². The van der Waals surface area contributed by atoms with Gasteiger partial charge >= 0.3 is 5.97 Å². The van der Waals surface area contributed by atoms with E-state index >= 15 is 0 Å². The highest BCUT2D eigenvalue weighted by molar-refractivity contribution is 5.71. The molecule has 2 aromatic carbocycles. The molecule has 0 bridgehead atoms. The summed E-state index contributed by atoms with van der Waals surface area (Å²) >= 11 is 0. The highest BCUT2D eigenvalue weighted by Gasteiger charge is 2.27. The summed E-state index contributed by atoms with van der Waals surface area (Å²) in [6, 6.07) is 18.8. The molecular weight excluding hydrogens is 400 g/mol. The number of aliphatic carboxylic acids is 1. The number of hydrogen-bond acceptors (Lipinski definition) is 5. The number of fused-ring (bicyclic) bond motifs is 1. The molecule has 2 atom stereocenters. The van der Waals surface area contributed by atoms with E-state index in [4.69, 9.17) is 0 Å². The Balaban J connectivity index is 1.49. The number of carboxylic acids is 1. The van der Waals surface area contributed by atoms with E-state index in [0.717, 1.165) is 42.1 Å². The van der Waals surface area contributed by atoms with Gasteiger partial charge in [0.15, 0.2) is 0 Å². The second-order valence-electron chi connectivity index (χ2n) is 8.40. The molecule has 0 aliphatic carbocycles. The Kier molecular flexibility index (Phi) is 6.71. The fraction of sp³-hybridized carbons (Fsp3) is 0.308. The Morgan fingerprint density at radius 3 is 2.69 bits per heavy atom. The Hall–Kier alpha value is -3.38. The van der Waals surface area contributed by atoms with E-state index in [1.807, 2.05) is 25.1 Å². The lowest BCUT2D eigenvalue weighted by molar-refractivity contribution is -0.136. The van der Waals surface area contributed by atoms with Crippen molar-refractivity contribution in [1.82, 2.24) is 10.3 Å². The fourth-order valence-electron chi connectivity index (χ4n) is 4.40. The molecule has 1 aliphatic rings. The molecule has 0 unspecified atom stereocenters. The third-order valence-electron chi connectivity index (χ3n) is 6.10. The van der Waals surface area contributed by atoms with Crippen LogP contribution in [-0.2, 0) is 17.6 Å². The van der Waals surface area contributed by atoms with Crippen LogP contribution in [0.5, 0.6) is 0 Å². The molecule has 6 heteroatoms. The number of nitrogens with one attached hydrogen (secondary N) is 3. The van der Waals surface area contributed by atoms with Gasteiger partial charge in [-0.15, -0.1) is 0 Å². The molecule has 166 valence electrons. The van der Waals surface area contributed by atoms with Crippen LogP contribution in [0, 0.1) is 13.8 Å². The summed E-state index contributed by atoms with van der Waals surface area (Å²) in [5.41, 5.74) is 6.55. The van der Waals surface area contributed by atoms with Crippen LogP contribution in [0.2, 0.25) is 0 Å². The second kappa shape index (κ2) is 9.83. The largest absolute Gasteiger partial charge is 0.481 e. The standard InChI is InChI=1S/C26H30N4O2/c1-17-13-18(2)21(15-24(31)32)14-20(17)10-12-27-25(19-7-4-3-5-8-19)23-16-29-22-9-6-11-28-26(22)30-23/h3-9,11,13-14,23,25,27,29H,10,12,15-16H2,1-2H3,(H,28,30)(H,31,32)/t23-,25-/m1/s1. The Labute approximate surface area is 189 Å². The van der Waals surface area contributed by atoms with Gasteiger partial charge in [0.1, 0.15) is 5.82 Å². The summed E-state index contributed by atoms with van der Waals surface area (Å²) in [5.74, 6) is 0.0779. The van der Waals surface area contributed by atoms with Gasteiger partial charge in [0, 0.05) is 12.7 Å². The van der Waals surface area contributed by atoms with Crippen LogP contribution in [0.1, 0.15) is 33.9 Å². The molecule has 0 spiro atoms. The number of anilines is 2. The van der Waals surface area contributed by atoms with E-state index in [2.05, 4.69) is 64.3 Å². The normalized spacial score (nSPS) is 15.9. The first-order valence-electron chi connectivity index (χ1n) is 11.1. The second-order valence-corrected chi connectivity index (χ2v) is 8.40. The molecule has 4 rings (SSSR count). The monoisotopic (exact) mass is 430 g/mol. The van der Waals surface area contributed by atoms with E-state index in [1.54, 1.807) is 6.20 Å². The first-order chi connectivity index (χ1) is 15.5. The van der Waals surface area contributed by atoms with Crippen molar-refractivity contribution in [3.63, 3.8) is 0 Å². The quantitative estimate of drug-likeness (QED) is 0.430. The predicted octanol–water partition coefficient (Wildman–Crippen LogP) is 4.11. The highest BCUT2D eigenvalue weighted by Crippen LogP contribution is 2.28. The highest BCUT2D eigenvalue weighted by atomic mass is 16.4. The van der Waals surface area contributed by atoms with Crippen molar-refractivity contribution in [2.24, 2.45) is 0 Å². The number of aromatic nitrogens is 1. The molecule has 0 saturated carbocycles. The van der Waals surface area contributed by atoms with E-state index in [1.165, 1.54) is 16.7 Å². The Morgan fingerprint density at radius 2 is 1.91 bits per heavy atom. The first-order valence-corrected chi connectivity index (χ1v) is 11.1. The van der Waals surface area contributed by atoms with Gasteiger partial charge in [-0.2, -0.15) is 0 Å². The SMILES string of the molecule is Cc1cc(C)c(CC(=O)O)cc1CCN[C@H](c1ccccc1)[C@H]1CNc2cccnc2N1. The summed E-state index contributed by atoms with van der Waals surface area (Å²) in [6.45, 7) is 5.64. The molecular formula is C26H30N4O2. The smallest absolute Gasteiger partial charge is 0.307 e. The minimum atomic E-state index is -0.796. The summed E-state index contributed by atoms with van der Waals surface area (Å²) in [6.07, 6.45) is 2.69. The topological polar surface area (TPSA) is 86.3 Å². The van der Waals surface area contributed by atoms with Gasteiger partial charge in [0.05, 0.1) is 24.2 Å². The maximum atomic E-state index is 11.2. The van der Waals surface area contributed by atoms with Gasteiger partial charge in [-0.1, -0.05) is 42.5 Å². The molecule has 1 aromatic heterocycles. The molecule has 0 amide bonds. The van der Waals surface area contributed by atoms with Gasteiger partial charge in [-0.05, 0) is 66.8 Å². The van der Waals surface area contributed by atoms with Crippen molar-refractivity contribution in [2.45, 2.75) is 38.8 Å². The number of rotatable bonds is 8. The Bertz CT molecular complexity index is 1080. The average Bonchev–Trinajstić information content (AvgIpc) is 2.79. The predicted molar refractivity (Wildman–Crippen MR) is 128 cm³/mol. The minimum Gasteiger partial charge on any atom is -0.481 e. The van der Waals surface area contributed by atoms with Gasteiger partial charge in [0.25, 0.3) is 0 Å². The van der Waals surface area contributed by atoms with E-state index in [0.29, 0.717) is 0 Å². The lowest BCUT2D eigenvalue weighted by atomic mass is 9.95. The number of carboxylic acid groups (broad SMARTS) is 1. The van der Waals surface area contributed by atoms with Crippen molar-refractivity contribution in [2.75, 3.05) is 23.7 Å². The van der Waals surface area contributed by atoms with Crippen LogP contribution < -0.4 is 16.0 Å². The van der Waals surface area contributed by atoms with Crippen molar-refractivity contribution in [3.05, 3.63) is 88.6 Å². The van der Waals surface area contributed by atoms with Gasteiger partial charge in [-0.3, -0.25) is 4.79 Å². The summed E-state index contributed by atoms with van der Waals surface area (Å²) < 4.78 is 0. The van der Waals surface area contributed by atoms with Crippen molar-refractivity contribution in [1.29, 1.82) is 0 Å². The van der Waals surface area contributed by atoms with Gasteiger partial charge in [-0.25, -0.2) is 4.98 Å². The zero-order valence-electron chi connectivity index (χ0n) is 18.6. The molecule has 3 aromatic rings. The average molecular weight is 431 g/mol. The number of carbonyl (C=O) groups is 1. The van der Waals surface area contributed by atoms with Gasteiger partial charge in [0.2, 0.25) is 0 Å². The fourth-order valence-corrected chi connectivity index (χ4v) is 4.40. The lowest BCUT2D eigenvalue weighted by Crippen LogP contribution is -2.44. The van der Waals surface area contributed by atoms with E-state index in [9.17, 15) is 9.90 Å². The van der Waals surface area contributed by atoms with Crippen LogP contribution in [0.3, 0.4) is 0 Å². The van der Waals surface area contributed by atoms with E-state index in [-0.39, 0.29) is 18.5 Å². The summed E-state index contributed by atoms with van der Waals surface area (Å²) in [5, 5.41) is 20.0. The molecule has 1 aliphatic heterocycles. The zero-order valence-corrected chi connectivity index (χ0v) is 18.6. The van der Waals surface area contributed by atoms with Crippen LogP contribution >= 0.6 is 0 Å². The number of benzene rings is 2. The van der Waals surface area contributed by atoms with Crippen LogP contribution in [0.4, 0.5) is 11.5 Å². The molecule has 6 nitrogen and oxygen atoms in total. The first kappa shape index (κ1) is 21.8. The molecule has 32 heavy (non-hydrogen) atoms. The van der Waals surface area contributed by atoms with Crippen LogP contribution in [-0.4, -0.2) is 35.2 Å². The summed E-state index contributed by atoms with van der Waals surface area (Å²) in [7, 11) is 0. The van der Waals surface area contributed by atoms with Crippen molar-refractivity contribution >= 4 is 17.5 Å². The lowest BCUT2D eigenvalue weighted by Gasteiger charge is -2.34. The third-order valence-corrected chi connectivity index (χ3v) is 6.10. The minimum absolute atomic E-state index is 0.0588. The molecule has 0 radical (unpaired) electrons. The molecule has 2 heterocycles. The summed E-state index contributed by atoms with van der Waals surface area (Å²) in [4.78, 5) is 15.7. The third kappa shape index (κ3) is 5.08. The van der Waals surface area contributed by atoms with Crippen molar-refractivity contribution in [3.8, 4) is 0 Å². The maximum Gasteiger partial charge on any atom is 0.307 e. The van der Waals surface area contributed by atoms with Crippen LogP contribution in [0.15, 0.2) is 60.8 Å². The number of aryl methyl sites for hydroxylation is 2. The maximum absolute atomic E-state index is 11.2. The number of nitrogens with zero attached hydrogens (tertiary/aromatic N) is 1. The molecule has 4 N–H and O–H groups in total. The molecule has 0 saturated heterocycles. The number of hydrogen-bond donors (Lipinski definition) is 4. The van der Waals surface area contributed by atoms with Crippen LogP contribution in [0.25, 0.3) is 0 Å². The zero-order chi connectivity index (χ0) is 22.5.